The fourth-order valence-corrected chi connectivity index (χ4v) is 0.939. The quantitative estimate of drug-likeness (QED) is 0.741. The van der Waals surface area contributed by atoms with E-state index in [2.05, 4.69) is 34.7 Å². The molecule has 0 radical (unpaired) electrons. The highest BCUT2D eigenvalue weighted by Crippen LogP contribution is 1.99. The van der Waals surface area contributed by atoms with Crippen molar-refractivity contribution in [3.8, 4) is 0 Å². The maximum absolute atomic E-state index is 5.02. The van der Waals surface area contributed by atoms with E-state index in [1.54, 1.807) is 7.11 Å². The van der Waals surface area contributed by atoms with Gasteiger partial charge in [-0.3, -0.25) is 0 Å². The second-order valence-corrected chi connectivity index (χ2v) is 3.58. The Kier molecular flexibility index (Phi) is 6.91. The first-order valence-electron chi connectivity index (χ1n) is 3.76. The molecule has 11 heavy (non-hydrogen) atoms. The standard InChI is InChI=1S/C8H16BrNO/c1-4-8(6-11-3)10-5-7(2)9/h8,10H,2,4-6H2,1,3H3. The summed E-state index contributed by atoms with van der Waals surface area (Å²) in [6.45, 7) is 7.44. The van der Waals surface area contributed by atoms with Crippen molar-refractivity contribution in [1.82, 2.24) is 5.32 Å². The summed E-state index contributed by atoms with van der Waals surface area (Å²) in [5, 5.41) is 3.30. The molecule has 0 aromatic carbocycles. The van der Waals surface area contributed by atoms with Crippen LogP contribution in [0.4, 0.5) is 0 Å². The Labute approximate surface area is 77.1 Å². The average molecular weight is 222 g/mol. The van der Waals surface area contributed by atoms with Gasteiger partial charge >= 0.3 is 0 Å². The lowest BCUT2D eigenvalue weighted by Crippen LogP contribution is -2.33. The minimum atomic E-state index is 0.439. The predicted molar refractivity (Wildman–Crippen MR) is 52.0 cm³/mol. The van der Waals surface area contributed by atoms with Crippen molar-refractivity contribution in [3.63, 3.8) is 0 Å². The van der Waals surface area contributed by atoms with Crippen molar-refractivity contribution in [2.24, 2.45) is 0 Å². The molecule has 0 bridgehead atoms. The minimum absolute atomic E-state index is 0.439. The molecule has 0 spiro atoms. The molecule has 0 saturated heterocycles. The zero-order chi connectivity index (χ0) is 8.69. The van der Waals surface area contributed by atoms with Gasteiger partial charge in [-0.1, -0.05) is 29.4 Å². The van der Waals surface area contributed by atoms with Gasteiger partial charge in [0.1, 0.15) is 0 Å². The van der Waals surface area contributed by atoms with Crippen molar-refractivity contribution in [2.45, 2.75) is 19.4 Å². The highest BCUT2D eigenvalue weighted by molar-refractivity contribution is 9.11. The molecular weight excluding hydrogens is 206 g/mol. The lowest BCUT2D eigenvalue weighted by atomic mass is 10.2. The zero-order valence-corrected chi connectivity index (χ0v) is 8.78. The lowest BCUT2D eigenvalue weighted by molar-refractivity contribution is 0.166. The highest BCUT2D eigenvalue weighted by atomic mass is 79.9. The summed E-state index contributed by atoms with van der Waals surface area (Å²) < 4.78 is 6.00. The maximum Gasteiger partial charge on any atom is 0.0615 e. The fourth-order valence-electron chi connectivity index (χ4n) is 0.777. The van der Waals surface area contributed by atoms with Crippen LogP contribution in [-0.4, -0.2) is 26.3 Å². The number of hydrogen-bond acceptors (Lipinski definition) is 2. The van der Waals surface area contributed by atoms with Crippen LogP contribution in [0.3, 0.4) is 0 Å². The van der Waals surface area contributed by atoms with Gasteiger partial charge in [0.2, 0.25) is 0 Å². The van der Waals surface area contributed by atoms with Gasteiger partial charge in [-0.15, -0.1) is 0 Å². The van der Waals surface area contributed by atoms with Gasteiger partial charge < -0.3 is 10.1 Å². The Morgan fingerprint density at radius 1 is 1.73 bits per heavy atom. The predicted octanol–water partition coefficient (Wildman–Crippen LogP) is 1.91. The zero-order valence-electron chi connectivity index (χ0n) is 7.19. The Morgan fingerprint density at radius 3 is 2.73 bits per heavy atom. The Hall–Kier alpha value is 0.140. The second kappa shape index (κ2) is 6.83. The summed E-state index contributed by atoms with van der Waals surface area (Å²) in [5.74, 6) is 0. The van der Waals surface area contributed by atoms with Gasteiger partial charge in [-0.05, 0) is 6.42 Å². The number of ether oxygens (including phenoxy) is 1. The Bertz CT molecular complexity index is 117. The molecule has 0 aliphatic heterocycles. The molecule has 0 fully saturated rings. The molecule has 0 aliphatic carbocycles. The number of nitrogens with one attached hydrogen (secondary N) is 1. The number of hydrogen-bond donors (Lipinski definition) is 1. The molecular formula is C8H16BrNO. The molecule has 0 amide bonds. The van der Waals surface area contributed by atoms with E-state index in [-0.39, 0.29) is 0 Å². The summed E-state index contributed by atoms with van der Waals surface area (Å²) in [6, 6.07) is 0.439. The third-order valence-electron chi connectivity index (χ3n) is 1.44. The van der Waals surface area contributed by atoms with Crippen LogP contribution in [0.1, 0.15) is 13.3 Å². The van der Waals surface area contributed by atoms with E-state index in [4.69, 9.17) is 4.74 Å². The largest absolute Gasteiger partial charge is 0.383 e. The summed E-state index contributed by atoms with van der Waals surface area (Å²) in [4.78, 5) is 0. The smallest absolute Gasteiger partial charge is 0.0615 e. The van der Waals surface area contributed by atoms with Gasteiger partial charge in [-0.25, -0.2) is 0 Å². The summed E-state index contributed by atoms with van der Waals surface area (Å²) >= 11 is 3.29. The summed E-state index contributed by atoms with van der Waals surface area (Å²) in [7, 11) is 1.72. The molecule has 0 rings (SSSR count). The molecule has 0 heterocycles. The van der Waals surface area contributed by atoms with E-state index in [1.807, 2.05) is 0 Å². The van der Waals surface area contributed by atoms with Crippen LogP contribution >= 0.6 is 15.9 Å². The SMILES string of the molecule is C=C(Br)CNC(CC)COC. The van der Waals surface area contributed by atoms with Crippen molar-refractivity contribution >= 4 is 15.9 Å². The molecule has 0 aromatic heterocycles. The van der Waals surface area contributed by atoms with E-state index in [9.17, 15) is 0 Å². The first kappa shape index (κ1) is 11.1. The average Bonchev–Trinajstić information content (AvgIpc) is 1.97. The molecule has 1 atom stereocenters. The van der Waals surface area contributed by atoms with Crippen LogP contribution in [0.25, 0.3) is 0 Å². The van der Waals surface area contributed by atoms with Gasteiger partial charge in [-0.2, -0.15) is 0 Å². The minimum Gasteiger partial charge on any atom is -0.383 e. The summed E-state index contributed by atoms with van der Waals surface area (Å²) in [5.41, 5.74) is 0. The van der Waals surface area contributed by atoms with E-state index in [0.717, 1.165) is 24.1 Å². The molecule has 1 N–H and O–H groups in total. The van der Waals surface area contributed by atoms with Crippen LogP contribution in [0, 0.1) is 0 Å². The second-order valence-electron chi connectivity index (χ2n) is 2.46. The van der Waals surface area contributed by atoms with Crippen molar-refractivity contribution < 1.29 is 4.74 Å². The number of methoxy groups -OCH3 is 1. The first-order chi connectivity index (χ1) is 5.20. The number of halogens is 1. The molecule has 0 aromatic rings. The molecule has 0 aliphatic rings. The number of rotatable bonds is 6. The fraction of sp³-hybridized carbons (Fsp3) is 0.750. The third-order valence-corrected chi connectivity index (χ3v) is 1.72. The highest BCUT2D eigenvalue weighted by Gasteiger charge is 2.03. The topological polar surface area (TPSA) is 21.3 Å². The van der Waals surface area contributed by atoms with Crippen LogP contribution in [-0.2, 0) is 4.74 Å². The third kappa shape index (κ3) is 6.53. The Morgan fingerprint density at radius 2 is 2.36 bits per heavy atom. The van der Waals surface area contributed by atoms with Crippen LogP contribution in [0.2, 0.25) is 0 Å². The lowest BCUT2D eigenvalue weighted by Gasteiger charge is -2.14. The van der Waals surface area contributed by atoms with Crippen molar-refractivity contribution in [1.29, 1.82) is 0 Å². The normalized spacial score (nSPS) is 13.0. The summed E-state index contributed by atoms with van der Waals surface area (Å²) in [6.07, 6.45) is 1.08. The van der Waals surface area contributed by atoms with E-state index in [1.165, 1.54) is 0 Å². The van der Waals surface area contributed by atoms with E-state index in [0.29, 0.717) is 6.04 Å². The van der Waals surface area contributed by atoms with Gasteiger partial charge in [0.15, 0.2) is 0 Å². The first-order valence-corrected chi connectivity index (χ1v) is 4.55. The Balaban J connectivity index is 3.43. The monoisotopic (exact) mass is 221 g/mol. The van der Waals surface area contributed by atoms with Gasteiger partial charge in [0.05, 0.1) is 6.61 Å². The molecule has 3 heteroatoms. The van der Waals surface area contributed by atoms with Crippen LogP contribution < -0.4 is 5.32 Å². The van der Waals surface area contributed by atoms with Crippen LogP contribution in [0.15, 0.2) is 11.1 Å². The van der Waals surface area contributed by atoms with Gasteiger partial charge in [0.25, 0.3) is 0 Å². The van der Waals surface area contributed by atoms with Crippen molar-refractivity contribution in [2.75, 3.05) is 20.3 Å². The molecule has 0 saturated carbocycles. The molecule has 2 nitrogen and oxygen atoms in total. The molecule has 1 unspecified atom stereocenters. The van der Waals surface area contributed by atoms with Gasteiger partial charge in [0, 0.05) is 24.2 Å². The van der Waals surface area contributed by atoms with E-state index < -0.39 is 0 Å². The molecule has 66 valence electrons. The maximum atomic E-state index is 5.02. The van der Waals surface area contributed by atoms with E-state index >= 15 is 0 Å². The van der Waals surface area contributed by atoms with Crippen molar-refractivity contribution in [3.05, 3.63) is 11.1 Å². The van der Waals surface area contributed by atoms with Crippen LogP contribution in [0.5, 0.6) is 0 Å².